The SMILES string of the molecule is [CH2-]c1cccc(C#N)c1.[Cl-].[Cl][Zn+].[Li+]. The van der Waals surface area contributed by atoms with Crippen molar-refractivity contribution in [3.63, 3.8) is 0 Å². The van der Waals surface area contributed by atoms with Gasteiger partial charge in [-0.25, -0.2) is 0 Å². The van der Waals surface area contributed by atoms with Crippen LogP contribution in [0.4, 0.5) is 0 Å². The fourth-order valence-corrected chi connectivity index (χ4v) is 0.641. The van der Waals surface area contributed by atoms with E-state index in [0.29, 0.717) is 5.56 Å². The number of nitriles is 1. The molecule has 0 N–H and O–H groups in total. The number of hydrogen-bond donors (Lipinski definition) is 0. The normalized spacial score (nSPS) is 6.31. The van der Waals surface area contributed by atoms with E-state index in [4.69, 9.17) is 15.0 Å². The van der Waals surface area contributed by atoms with Crippen LogP contribution < -0.4 is 31.3 Å². The van der Waals surface area contributed by atoms with Crippen LogP contribution in [0, 0.1) is 18.3 Å². The van der Waals surface area contributed by atoms with Gasteiger partial charge in [0.2, 0.25) is 0 Å². The van der Waals surface area contributed by atoms with Gasteiger partial charge in [0, 0.05) is 0 Å². The van der Waals surface area contributed by atoms with Gasteiger partial charge in [-0.15, -0.1) is 12.1 Å². The topological polar surface area (TPSA) is 23.8 Å². The van der Waals surface area contributed by atoms with Gasteiger partial charge in [0.15, 0.2) is 0 Å². The van der Waals surface area contributed by atoms with Crippen molar-refractivity contribution < 1.29 is 48.6 Å². The van der Waals surface area contributed by atoms with Crippen molar-refractivity contribution >= 4 is 9.69 Å². The molecular weight excluding hydrogens is 253 g/mol. The Morgan fingerprint density at radius 3 is 2.23 bits per heavy atom. The molecule has 1 rings (SSSR count). The molecule has 0 saturated carbocycles. The number of hydrogen-bond acceptors (Lipinski definition) is 1. The van der Waals surface area contributed by atoms with E-state index in [1.54, 1.807) is 12.1 Å². The smallest absolute Gasteiger partial charge is 1.00 e. The Labute approximate surface area is 111 Å². The van der Waals surface area contributed by atoms with Gasteiger partial charge in [0.25, 0.3) is 0 Å². The summed E-state index contributed by atoms with van der Waals surface area (Å²) in [4.78, 5) is 0. The van der Waals surface area contributed by atoms with Crippen molar-refractivity contribution in [3.8, 4) is 6.07 Å². The molecule has 13 heavy (non-hydrogen) atoms. The van der Waals surface area contributed by atoms with Gasteiger partial charge in [-0.05, 0) is 5.56 Å². The maximum atomic E-state index is 8.38. The number of rotatable bonds is 0. The third-order valence-electron chi connectivity index (χ3n) is 1.06. The first-order valence-electron chi connectivity index (χ1n) is 2.92. The maximum absolute atomic E-state index is 8.38. The minimum absolute atomic E-state index is 0. The number of benzene rings is 1. The van der Waals surface area contributed by atoms with E-state index in [1.807, 2.05) is 18.2 Å². The Morgan fingerprint density at radius 2 is 1.92 bits per heavy atom. The number of nitrogens with zero attached hydrogens (tertiary/aromatic N) is 1. The molecule has 0 fully saturated rings. The quantitative estimate of drug-likeness (QED) is 0.349. The molecule has 1 aromatic carbocycles. The first-order valence-corrected chi connectivity index (χ1v) is 6.81. The van der Waals surface area contributed by atoms with E-state index < -0.39 is 0 Å². The van der Waals surface area contributed by atoms with Gasteiger partial charge < -0.3 is 12.4 Å². The summed E-state index contributed by atoms with van der Waals surface area (Å²) in [6.45, 7) is 3.68. The molecule has 0 saturated heterocycles. The fourth-order valence-electron chi connectivity index (χ4n) is 0.641. The van der Waals surface area contributed by atoms with Crippen LogP contribution in [-0.4, -0.2) is 0 Å². The third-order valence-corrected chi connectivity index (χ3v) is 1.06. The van der Waals surface area contributed by atoms with E-state index in [0.717, 1.165) is 22.9 Å². The van der Waals surface area contributed by atoms with Crippen LogP contribution >= 0.6 is 9.69 Å². The maximum Gasteiger partial charge on any atom is 1.00 e. The Morgan fingerprint density at radius 1 is 1.38 bits per heavy atom. The average molecular weight is 259 g/mol. The van der Waals surface area contributed by atoms with Crippen LogP contribution in [0.2, 0.25) is 0 Å². The molecule has 0 spiro atoms. The average Bonchev–Trinajstić information content (AvgIpc) is 2.08. The molecule has 0 aromatic heterocycles. The first kappa shape index (κ1) is 19.0. The zero-order valence-corrected chi connectivity index (χ0v) is 11.9. The summed E-state index contributed by atoms with van der Waals surface area (Å²) in [5, 5.41) is 8.38. The molecule has 0 heterocycles. The molecule has 0 aliphatic heterocycles. The third kappa shape index (κ3) is 8.70. The molecule has 0 aliphatic rings. The Balaban J connectivity index is -0.000000234. The van der Waals surface area contributed by atoms with Crippen LogP contribution in [0.5, 0.6) is 0 Å². The molecule has 1 aromatic rings. The molecule has 0 atom stereocenters. The molecule has 5 heteroatoms. The standard InChI is InChI=1S/C8H6N.2ClH.Li.Zn/c1-7-3-2-4-8(5-7)6-9;;;;/h2-5H,1H2;2*1H;;/q-1;;;+1;+2/p-2. The first-order chi connectivity index (χ1) is 5.33. The predicted octanol–water partition coefficient (Wildman–Crippen LogP) is -3.56. The van der Waals surface area contributed by atoms with Gasteiger partial charge in [0.1, 0.15) is 0 Å². The summed E-state index contributed by atoms with van der Waals surface area (Å²) in [6.07, 6.45) is 0. The Kier molecular flexibility index (Phi) is 18.1. The van der Waals surface area contributed by atoms with Crippen molar-refractivity contribution in [2.45, 2.75) is 0 Å². The summed E-state index contributed by atoms with van der Waals surface area (Å²) in [6, 6.07) is 9.22. The minimum atomic E-state index is 0. The molecule has 0 amide bonds. The zero-order valence-electron chi connectivity index (χ0n) is 7.43. The summed E-state index contributed by atoms with van der Waals surface area (Å²) in [5.41, 5.74) is 1.55. The summed E-state index contributed by atoms with van der Waals surface area (Å²) >= 11 is 0.847. The van der Waals surface area contributed by atoms with Crippen LogP contribution in [0.1, 0.15) is 11.1 Å². The molecule has 0 radical (unpaired) electrons. The minimum Gasteiger partial charge on any atom is 1.00 e. The second kappa shape index (κ2) is 12.4. The second-order valence-corrected chi connectivity index (χ2v) is 1.81. The molecule has 1 nitrogen and oxygen atoms in total. The van der Waals surface area contributed by atoms with E-state index >= 15 is 0 Å². The van der Waals surface area contributed by atoms with Crippen molar-refractivity contribution in [3.05, 3.63) is 42.3 Å². The van der Waals surface area contributed by atoms with Crippen molar-refractivity contribution in [1.29, 1.82) is 5.26 Å². The Bertz CT molecular complexity index is 263. The van der Waals surface area contributed by atoms with Crippen LogP contribution in [0.15, 0.2) is 24.3 Å². The Hall–Kier alpha value is 0.381. The fraction of sp³-hybridized carbons (Fsp3) is 0. The van der Waals surface area contributed by atoms with Gasteiger partial charge in [-0.1, -0.05) is 6.07 Å². The summed E-state index contributed by atoms with van der Waals surface area (Å²) in [7, 11) is 4.76. The molecular formula is C8H6Cl2LiNZn. The van der Waals surface area contributed by atoms with E-state index in [2.05, 4.69) is 6.92 Å². The van der Waals surface area contributed by atoms with E-state index in [-0.39, 0.29) is 31.3 Å². The van der Waals surface area contributed by atoms with Gasteiger partial charge >= 0.3 is 45.9 Å². The summed E-state index contributed by atoms with van der Waals surface area (Å²) < 4.78 is 0. The number of halogens is 2. The predicted molar refractivity (Wildman–Crippen MR) is 41.5 cm³/mol. The van der Waals surface area contributed by atoms with Crippen LogP contribution in [0.3, 0.4) is 0 Å². The zero-order chi connectivity index (χ0) is 8.69. The van der Waals surface area contributed by atoms with Crippen molar-refractivity contribution in [2.24, 2.45) is 0 Å². The van der Waals surface area contributed by atoms with Crippen LogP contribution in [-0.2, 0) is 17.3 Å². The summed E-state index contributed by atoms with van der Waals surface area (Å²) in [5.74, 6) is 0. The second-order valence-electron chi connectivity index (χ2n) is 1.81. The molecule has 0 aliphatic carbocycles. The molecule has 60 valence electrons. The van der Waals surface area contributed by atoms with Gasteiger partial charge in [-0.2, -0.15) is 23.8 Å². The van der Waals surface area contributed by atoms with E-state index in [1.165, 1.54) is 0 Å². The van der Waals surface area contributed by atoms with Crippen molar-refractivity contribution in [2.75, 3.05) is 0 Å². The van der Waals surface area contributed by atoms with Gasteiger partial charge in [0.05, 0.1) is 6.07 Å². The molecule has 0 unspecified atom stereocenters. The molecule has 0 bridgehead atoms. The van der Waals surface area contributed by atoms with Gasteiger partial charge in [-0.3, -0.25) is 0 Å². The van der Waals surface area contributed by atoms with Crippen molar-refractivity contribution in [1.82, 2.24) is 0 Å². The van der Waals surface area contributed by atoms with E-state index in [9.17, 15) is 0 Å². The van der Waals surface area contributed by atoms with Crippen LogP contribution in [0.25, 0.3) is 0 Å². The largest absolute Gasteiger partial charge is 1.00 e. The monoisotopic (exact) mass is 257 g/mol.